The monoisotopic (exact) mass is 281 g/mol. The van der Waals surface area contributed by atoms with Gasteiger partial charge in [-0.1, -0.05) is 35.4 Å². The smallest absolute Gasteiger partial charge is 0.207 e. The maximum atomic E-state index is 8.15. The van der Waals surface area contributed by atoms with E-state index in [4.69, 9.17) is 16.6 Å². The summed E-state index contributed by atoms with van der Waals surface area (Å²) in [5.41, 5.74) is 9.31. The molecular formula is C16H19N5. The molecule has 2 rings (SSSR count). The number of nitrogens with two attached hydrogens (primary N) is 1. The van der Waals surface area contributed by atoms with E-state index >= 15 is 0 Å². The van der Waals surface area contributed by atoms with Crippen LogP contribution in [-0.2, 0) is 0 Å². The molecule has 0 aliphatic carbocycles. The molecule has 0 radical (unpaired) electrons. The second-order valence-corrected chi connectivity index (χ2v) is 4.89. The van der Waals surface area contributed by atoms with Crippen LogP contribution in [0.3, 0.4) is 0 Å². The van der Waals surface area contributed by atoms with Crippen molar-refractivity contribution < 1.29 is 0 Å². The Morgan fingerprint density at radius 1 is 0.857 bits per heavy atom. The van der Waals surface area contributed by atoms with E-state index in [2.05, 4.69) is 5.32 Å². The topological polar surface area (TPSA) is 89.0 Å². The van der Waals surface area contributed by atoms with Gasteiger partial charge in [0.2, 0.25) is 5.96 Å². The van der Waals surface area contributed by atoms with Gasteiger partial charge in [0.15, 0.2) is 5.96 Å². The third kappa shape index (κ3) is 3.60. The Morgan fingerprint density at radius 3 is 1.57 bits per heavy atom. The minimum Gasteiger partial charge on any atom is -0.370 e. The van der Waals surface area contributed by atoms with Crippen LogP contribution in [0, 0.1) is 24.7 Å². The van der Waals surface area contributed by atoms with Gasteiger partial charge in [-0.05, 0) is 38.1 Å². The first kappa shape index (κ1) is 14.6. The van der Waals surface area contributed by atoms with Gasteiger partial charge in [0.05, 0.1) is 0 Å². The van der Waals surface area contributed by atoms with Crippen molar-refractivity contribution in [3.8, 4) is 0 Å². The summed E-state index contributed by atoms with van der Waals surface area (Å²) in [5.74, 6) is -0.223. The van der Waals surface area contributed by atoms with Crippen molar-refractivity contribution in [3.05, 3.63) is 59.7 Å². The highest BCUT2D eigenvalue weighted by atomic mass is 15.3. The molecule has 0 aliphatic heterocycles. The number of benzene rings is 2. The van der Waals surface area contributed by atoms with Crippen molar-refractivity contribution in [2.75, 3.05) is 4.90 Å². The number of aryl methyl sites for hydroxylation is 2. The van der Waals surface area contributed by atoms with E-state index in [9.17, 15) is 0 Å². The number of nitrogens with one attached hydrogen (secondary N) is 3. The number of anilines is 2. The lowest BCUT2D eigenvalue weighted by atomic mass is 10.1. The Kier molecular flexibility index (Phi) is 4.23. The van der Waals surface area contributed by atoms with E-state index in [0.717, 1.165) is 22.5 Å². The molecule has 0 amide bonds. The van der Waals surface area contributed by atoms with Crippen LogP contribution in [-0.4, -0.2) is 11.9 Å². The highest BCUT2D eigenvalue weighted by Gasteiger charge is 2.15. The lowest BCUT2D eigenvalue weighted by Crippen LogP contribution is -2.44. The van der Waals surface area contributed by atoms with Gasteiger partial charge in [-0.2, -0.15) is 0 Å². The molecular weight excluding hydrogens is 262 g/mol. The fraction of sp³-hybridized carbons (Fsp3) is 0.125. The molecule has 0 bridgehead atoms. The van der Waals surface area contributed by atoms with Crippen LogP contribution in [0.5, 0.6) is 0 Å². The van der Waals surface area contributed by atoms with E-state index in [1.807, 2.05) is 62.4 Å². The second kappa shape index (κ2) is 6.09. The van der Waals surface area contributed by atoms with Gasteiger partial charge in [-0.15, -0.1) is 0 Å². The summed E-state index contributed by atoms with van der Waals surface area (Å²) in [4.78, 5) is 1.71. The van der Waals surface area contributed by atoms with Crippen molar-refractivity contribution >= 4 is 23.3 Å². The second-order valence-electron chi connectivity index (χ2n) is 4.89. The highest BCUT2D eigenvalue weighted by molar-refractivity contribution is 6.08. The number of hydrogen-bond donors (Lipinski definition) is 4. The normalized spacial score (nSPS) is 10.0. The molecule has 0 saturated carbocycles. The zero-order valence-electron chi connectivity index (χ0n) is 12.1. The molecule has 2 aromatic rings. The third-order valence-electron chi connectivity index (χ3n) is 3.06. The Balaban J connectivity index is 2.43. The molecule has 0 saturated heterocycles. The summed E-state index contributed by atoms with van der Waals surface area (Å²) < 4.78 is 0. The van der Waals surface area contributed by atoms with Gasteiger partial charge in [0, 0.05) is 11.4 Å². The fourth-order valence-electron chi connectivity index (χ4n) is 1.98. The van der Waals surface area contributed by atoms with Crippen molar-refractivity contribution in [2.45, 2.75) is 13.8 Å². The first-order valence-corrected chi connectivity index (χ1v) is 6.60. The van der Waals surface area contributed by atoms with E-state index in [-0.39, 0.29) is 11.9 Å². The van der Waals surface area contributed by atoms with E-state index in [0.29, 0.717) is 0 Å². The zero-order valence-corrected chi connectivity index (χ0v) is 12.1. The molecule has 21 heavy (non-hydrogen) atoms. The minimum absolute atomic E-state index is 0.0372. The zero-order chi connectivity index (χ0) is 15.4. The average molecular weight is 281 g/mol. The molecule has 0 aromatic heterocycles. The van der Waals surface area contributed by atoms with Gasteiger partial charge in [-0.25, -0.2) is 0 Å². The molecule has 108 valence electrons. The molecule has 5 nitrogen and oxygen atoms in total. The number of hydrogen-bond acceptors (Lipinski definition) is 2. The number of nitrogens with zero attached hydrogens (tertiary/aromatic N) is 1. The molecule has 2 aromatic carbocycles. The Morgan fingerprint density at radius 2 is 1.24 bits per heavy atom. The predicted molar refractivity (Wildman–Crippen MR) is 87.3 cm³/mol. The molecule has 0 aliphatic rings. The van der Waals surface area contributed by atoms with Gasteiger partial charge >= 0.3 is 0 Å². The summed E-state index contributed by atoms with van der Waals surface area (Å²) >= 11 is 0. The Bertz CT molecular complexity index is 598. The minimum atomic E-state index is -0.260. The molecule has 0 heterocycles. The van der Waals surface area contributed by atoms with Crippen molar-refractivity contribution in [2.24, 2.45) is 5.73 Å². The molecule has 0 spiro atoms. The van der Waals surface area contributed by atoms with Gasteiger partial charge in [0.1, 0.15) is 0 Å². The standard InChI is InChI=1S/C16H19N5/c1-11-3-7-13(8-4-11)21(16(19)20-15(17)18)14-9-5-12(2)6-10-14/h3-10H,1-2H3,(H5,17,18,19,20). The van der Waals surface area contributed by atoms with Crippen LogP contribution in [0.25, 0.3) is 0 Å². The maximum absolute atomic E-state index is 8.15. The van der Waals surface area contributed by atoms with Crippen LogP contribution in [0.1, 0.15) is 11.1 Å². The Hall–Kier alpha value is -2.82. The maximum Gasteiger partial charge on any atom is 0.207 e. The average Bonchev–Trinajstić information content (AvgIpc) is 2.42. The van der Waals surface area contributed by atoms with E-state index in [1.54, 1.807) is 4.90 Å². The molecule has 5 N–H and O–H groups in total. The van der Waals surface area contributed by atoms with E-state index in [1.165, 1.54) is 0 Å². The summed E-state index contributed by atoms with van der Waals surface area (Å²) in [6.07, 6.45) is 0. The van der Waals surface area contributed by atoms with E-state index < -0.39 is 0 Å². The summed E-state index contributed by atoms with van der Waals surface area (Å²) in [6, 6.07) is 15.7. The summed E-state index contributed by atoms with van der Waals surface area (Å²) in [5, 5.41) is 18.0. The van der Waals surface area contributed by atoms with Gasteiger partial charge in [0.25, 0.3) is 0 Å². The predicted octanol–water partition coefficient (Wildman–Crippen LogP) is 2.86. The molecule has 0 atom stereocenters. The van der Waals surface area contributed by atoms with Crippen LogP contribution in [0.15, 0.2) is 48.5 Å². The largest absolute Gasteiger partial charge is 0.370 e. The van der Waals surface area contributed by atoms with Crippen LogP contribution in [0.2, 0.25) is 0 Å². The summed E-state index contributed by atoms with van der Waals surface area (Å²) in [6.45, 7) is 4.03. The first-order chi connectivity index (χ1) is 9.97. The van der Waals surface area contributed by atoms with Crippen molar-refractivity contribution in [3.63, 3.8) is 0 Å². The van der Waals surface area contributed by atoms with Crippen molar-refractivity contribution in [1.82, 2.24) is 5.32 Å². The highest BCUT2D eigenvalue weighted by Crippen LogP contribution is 2.25. The van der Waals surface area contributed by atoms with Crippen LogP contribution in [0.4, 0.5) is 11.4 Å². The Labute approximate surface area is 124 Å². The van der Waals surface area contributed by atoms with Crippen molar-refractivity contribution in [1.29, 1.82) is 10.8 Å². The van der Waals surface area contributed by atoms with Crippen LogP contribution < -0.4 is 16.0 Å². The lowest BCUT2D eigenvalue weighted by Gasteiger charge is -2.25. The van der Waals surface area contributed by atoms with Gasteiger partial charge in [-0.3, -0.25) is 21.0 Å². The number of guanidine groups is 2. The lowest BCUT2D eigenvalue weighted by molar-refractivity contribution is 1.14. The first-order valence-electron chi connectivity index (χ1n) is 6.60. The quantitative estimate of drug-likeness (QED) is 0.504. The molecule has 0 fully saturated rings. The summed E-state index contributed by atoms with van der Waals surface area (Å²) in [7, 11) is 0. The van der Waals surface area contributed by atoms with Crippen LogP contribution >= 0.6 is 0 Å². The third-order valence-corrected chi connectivity index (χ3v) is 3.06. The fourth-order valence-corrected chi connectivity index (χ4v) is 1.98. The molecule has 0 unspecified atom stereocenters. The SMILES string of the molecule is Cc1ccc(N(C(=N)NC(=N)N)c2ccc(C)cc2)cc1. The molecule has 5 heteroatoms. The van der Waals surface area contributed by atoms with Gasteiger partial charge < -0.3 is 5.73 Å². The number of rotatable bonds is 2.